The molecule has 0 aromatic heterocycles. The highest BCUT2D eigenvalue weighted by Crippen LogP contribution is 2.16. The minimum atomic E-state index is -0.421. The van der Waals surface area contributed by atoms with E-state index in [0.29, 0.717) is 13.0 Å². The molecule has 0 spiro atoms. The second-order valence-corrected chi connectivity index (χ2v) is 5.59. The van der Waals surface area contributed by atoms with Crippen molar-refractivity contribution in [1.29, 1.82) is 0 Å². The average Bonchev–Trinajstić information content (AvgIpc) is 2.56. The third-order valence-corrected chi connectivity index (χ3v) is 4.04. The highest BCUT2D eigenvalue weighted by atomic mass is 16.5. The molecule has 1 aromatic rings. The number of methoxy groups -OCH3 is 1. The van der Waals surface area contributed by atoms with E-state index in [1.807, 2.05) is 42.2 Å². The Kier molecular flexibility index (Phi) is 5.95. The molecule has 1 aliphatic rings. The van der Waals surface area contributed by atoms with Gasteiger partial charge in [-0.2, -0.15) is 0 Å². The van der Waals surface area contributed by atoms with E-state index < -0.39 is 6.04 Å². The summed E-state index contributed by atoms with van der Waals surface area (Å²) in [5, 5.41) is 3.16. The first-order chi connectivity index (χ1) is 10.7. The molecule has 0 saturated carbocycles. The molecule has 1 saturated heterocycles. The average molecular weight is 304 g/mol. The zero-order chi connectivity index (χ0) is 15.9. The lowest BCUT2D eigenvalue weighted by Crippen LogP contribution is -2.54. The van der Waals surface area contributed by atoms with Crippen LogP contribution in [0.3, 0.4) is 0 Å². The van der Waals surface area contributed by atoms with Crippen molar-refractivity contribution in [3.8, 4) is 0 Å². The number of carbonyl (C=O) groups is 2. The Hall–Kier alpha value is -1.88. The molecule has 22 heavy (non-hydrogen) atoms. The summed E-state index contributed by atoms with van der Waals surface area (Å²) in [6.45, 7) is 3.29. The molecule has 0 aliphatic carbocycles. The summed E-state index contributed by atoms with van der Waals surface area (Å²) in [4.78, 5) is 26.2. The summed E-state index contributed by atoms with van der Waals surface area (Å²) < 4.78 is 4.78. The van der Waals surface area contributed by atoms with E-state index in [0.717, 1.165) is 24.9 Å². The van der Waals surface area contributed by atoms with E-state index in [1.54, 1.807) is 0 Å². The maximum absolute atomic E-state index is 12.6. The highest BCUT2D eigenvalue weighted by molar-refractivity contribution is 5.84. The van der Waals surface area contributed by atoms with Crippen LogP contribution in [0.2, 0.25) is 0 Å². The number of nitrogens with zero attached hydrogens (tertiary/aromatic N) is 1. The smallest absolute Gasteiger partial charge is 0.322 e. The van der Waals surface area contributed by atoms with Crippen LogP contribution >= 0.6 is 0 Å². The second-order valence-electron chi connectivity index (χ2n) is 5.59. The van der Waals surface area contributed by atoms with Gasteiger partial charge in [0.15, 0.2) is 0 Å². The molecule has 0 radical (unpaired) electrons. The molecular weight excluding hydrogens is 280 g/mol. The van der Waals surface area contributed by atoms with E-state index in [9.17, 15) is 9.59 Å². The predicted octanol–water partition coefficient (Wildman–Crippen LogP) is 1.72. The van der Waals surface area contributed by atoms with Crippen molar-refractivity contribution in [2.45, 2.75) is 44.8 Å². The topological polar surface area (TPSA) is 58.6 Å². The van der Waals surface area contributed by atoms with Crippen molar-refractivity contribution in [3.63, 3.8) is 0 Å². The van der Waals surface area contributed by atoms with Crippen molar-refractivity contribution < 1.29 is 14.3 Å². The number of hydrogen-bond acceptors (Lipinski definition) is 4. The highest BCUT2D eigenvalue weighted by Gasteiger charge is 2.31. The first kappa shape index (κ1) is 16.5. The molecule has 0 unspecified atom stereocenters. The monoisotopic (exact) mass is 304 g/mol. The number of amides is 1. The molecule has 1 amide bonds. The third kappa shape index (κ3) is 4.07. The Labute approximate surface area is 131 Å². The van der Waals surface area contributed by atoms with Crippen LogP contribution in [0.1, 0.15) is 31.7 Å². The van der Waals surface area contributed by atoms with Crippen molar-refractivity contribution in [3.05, 3.63) is 35.9 Å². The molecule has 5 nitrogen and oxygen atoms in total. The third-order valence-electron chi connectivity index (χ3n) is 4.04. The maximum atomic E-state index is 12.6. The first-order valence-electron chi connectivity index (χ1n) is 7.82. The Morgan fingerprint density at radius 1 is 1.41 bits per heavy atom. The Morgan fingerprint density at radius 2 is 2.14 bits per heavy atom. The lowest BCUT2D eigenvalue weighted by atomic mass is 10.0. The van der Waals surface area contributed by atoms with Gasteiger partial charge in [0, 0.05) is 13.1 Å². The molecule has 0 bridgehead atoms. The van der Waals surface area contributed by atoms with E-state index in [-0.39, 0.29) is 17.9 Å². The minimum absolute atomic E-state index is 0.0671. The Morgan fingerprint density at radius 3 is 2.77 bits per heavy atom. The second kappa shape index (κ2) is 7.94. The van der Waals surface area contributed by atoms with Crippen molar-refractivity contribution in [2.75, 3.05) is 13.7 Å². The van der Waals surface area contributed by atoms with Crippen LogP contribution in [0.25, 0.3) is 0 Å². The first-order valence-corrected chi connectivity index (χ1v) is 7.82. The van der Waals surface area contributed by atoms with Gasteiger partial charge in [-0.15, -0.1) is 0 Å². The van der Waals surface area contributed by atoms with Gasteiger partial charge in [0.2, 0.25) is 5.91 Å². The lowest BCUT2D eigenvalue weighted by molar-refractivity contribution is -0.144. The quantitative estimate of drug-likeness (QED) is 0.813. The summed E-state index contributed by atoms with van der Waals surface area (Å²) in [6, 6.07) is 9.24. The van der Waals surface area contributed by atoms with Gasteiger partial charge in [0.1, 0.15) is 6.04 Å². The maximum Gasteiger partial charge on any atom is 0.322 e. The van der Waals surface area contributed by atoms with E-state index >= 15 is 0 Å². The Balaban J connectivity index is 1.99. The SMILES string of the molecule is CC[C@H](N[C@H]1CCCN(Cc2ccccc2)C1=O)C(=O)OC. The normalized spacial score (nSPS) is 19.8. The number of hydrogen-bond donors (Lipinski definition) is 1. The molecule has 120 valence electrons. The fraction of sp³-hybridized carbons (Fsp3) is 0.529. The molecule has 2 atom stereocenters. The molecule has 1 fully saturated rings. The zero-order valence-corrected chi connectivity index (χ0v) is 13.2. The largest absolute Gasteiger partial charge is 0.468 e. The number of nitrogens with one attached hydrogen (secondary N) is 1. The van der Waals surface area contributed by atoms with Crippen LogP contribution in [0.4, 0.5) is 0 Å². The summed E-state index contributed by atoms with van der Waals surface area (Å²) >= 11 is 0. The van der Waals surface area contributed by atoms with Crippen LogP contribution < -0.4 is 5.32 Å². The van der Waals surface area contributed by atoms with Crippen LogP contribution in [-0.2, 0) is 20.9 Å². The fourth-order valence-corrected chi connectivity index (χ4v) is 2.79. The molecule has 5 heteroatoms. The van der Waals surface area contributed by atoms with Crippen LogP contribution in [-0.4, -0.2) is 42.5 Å². The molecule has 2 rings (SSSR count). The molecule has 1 heterocycles. The van der Waals surface area contributed by atoms with Gasteiger partial charge in [0.05, 0.1) is 13.2 Å². The number of likely N-dealkylation sites (tertiary alicyclic amines) is 1. The number of rotatable bonds is 6. The number of ether oxygens (including phenoxy) is 1. The van der Waals surface area contributed by atoms with Crippen LogP contribution in [0.5, 0.6) is 0 Å². The number of benzene rings is 1. The fourth-order valence-electron chi connectivity index (χ4n) is 2.79. The van der Waals surface area contributed by atoms with Gasteiger partial charge in [-0.1, -0.05) is 37.3 Å². The molecule has 1 N–H and O–H groups in total. The van der Waals surface area contributed by atoms with Gasteiger partial charge >= 0.3 is 5.97 Å². The molecular formula is C17H24N2O3. The van der Waals surface area contributed by atoms with Gasteiger partial charge < -0.3 is 9.64 Å². The Bertz CT molecular complexity index is 504. The summed E-state index contributed by atoms with van der Waals surface area (Å²) in [6.07, 6.45) is 2.31. The zero-order valence-electron chi connectivity index (χ0n) is 13.2. The minimum Gasteiger partial charge on any atom is -0.468 e. The van der Waals surface area contributed by atoms with Crippen molar-refractivity contribution >= 4 is 11.9 Å². The van der Waals surface area contributed by atoms with Crippen LogP contribution in [0, 0.1) is 0 Å². The summed E-state index contributed by atoms with van der Waals surface area (Å²) in [7, 11) is 1.37. The molecule has 1 aliphatic heterocycles. The number of carbonyl (C=O) groups excluding carboxylic acids is 2. The molecule has 1 aromatic carbocycles. The van der Waals surface area contributed by atoms with Crippen LogP contribution in [0.15, 0.2) is 30.3 Å². The van der Waals surface area contributed by atoms with Gasteiger partial charge in [0.25, 0.3) is 0 Å². The van der Waals surface area contributed by atoms with Crippen molar-refractivity contribution in [1.82, 2.24) is 10.2 Å². The number of piperidine rings is 1. The van der Waals surface area contributed by atoms with Gasteiger partial charge in [-0.3, -0.25) is 14.9 Å². The lowest BCUT2D eigenvalue weighted by Gasteiger charge is -2.34. The van der Waals surface area contributed by atoms with E-state index in [2.05, 4.69) is 5.32 Å². The summed E-state index contributed by atoms with van der Waals surface area (Å²) in [5.74, 6) is -0.243. The van der Waals surface area contributed by atoms with Gasteiger partial charge in [-0.25, -0.2) is 0 Å². The van der Waals surface area contributed by atoms with E-state index in [4.69, 9.17) is 4.74 Å². The van der Waals surface area contributed by atoms with Crippen molar-refractivity contribution in [2.24, 2.45) is 0 Å². The number of esters is 1. The van der Waals surface area contributed by atoms with Gasteiger partial charge in [-0.05, 0) is 24.8 Å². The van der Waals surface area contributed by atoms with E-state index in [1.165, 1.54) is 7.11 Å². The summed E-state index contributed by atoms with van der Waals surface area (Å²) in [5.41, 5.74) is 1.12. The standard InChI is InChI=1S/C17H24N2O3/c1-3-14(17(21)22-2)18-15-10-7-11-19(16(15)20)12-13-8-5-4-6-9-13/h4-6,8-9,14-15,18H,3,7,10-12H2,1-2H3/t14-,15-/m0/s1. The predicted molar refractivity (Wildman–Crippen MR) is 84.1 cm³/mol.